The first kappa shape index (κ1) is 10.5. The lowest BCUT2D eigenvalue weighted by Crippen LogP contribution is -1.99. The van der Waals surface area contributed by atoms with E-state index in [1.807, 2.05) is 0 Å². The van der Waals surface area contributed by atoms with Gasteiger partial charge in [0.1, 0.15) is 5.75 Å². The Bertz CT molecular complexity index is 349. The molecule has 0 fully saturated rings. The van der Waals surface area contributed by atoms with Crippen molar-refractivity contribution in [1.82, 2.24) is 0 Å². The van der Waals surface area contributed by atoms with E-state index in [4.69, 9.17) is 9.84 Å². The minimum Gasteiger partial charge on any atom is -0.494 e. The van der Waals surface area contributed by atoms with Crippen molar-refractivity contribution in [2.75, 3.05) is 7.11 Å². The fraction of sp³-hybridized carbons (Fsp3) is 0.125. The molecule has 3 nitrogen and oxygen atoms in total. The van der Waals surface area contributed by atoms with E-state index in [-0.39, 0.29) is 5.56 Å². The molecule has 0 aliphatic carbocycles. The first-order valence-corrected chi connectivity index (χ1v) is 4.91. The summed E-state index contributed by atoms with van der Waals surface area (Å²) in [6.45, 7) is 0. The molecule has 0 saturated carbocycles. The summed E-state index contributed by atoms with van der Waals surface area (Å²) in [6.07, 6.45) is 0. The van der Waals surface area contributed by atoms with Crippen LogP contribution in [0.5, 0.6) is 5.75 Å². The molecule has 0 aliphatic heterocycles. The van der Waals surface area contributed by atoms with E-state index in [1.165, 1.54) is 13.2 Å². The van der Waals surface area contributed by atoms with Crippen LogP contribution in [-0.2, 0) is 0 Å². The van der Waals surface area contributed by atoms with Gasteiger partial charge in [0.15, 0.2) is 0 Å². The van der Waals surface area contributed by atoms with E-state index >= 15 is 0 Å². The Morgan fingerprint density at radius 1 is 1.46 bits per heavy atom. The van der Waals surface area contributed by atoms with Gasteiger partial charge in [0.25, 0.3) is 0 Å². The minimum absolute atomic E-state index is 0.181. The van der Waals surface area contributed by atoms with Gasteiger partial charge in [-0.2, -0.15) is 0 Å². The Balaban J connectivity index is 3.35. The molecule has 0 aliphatic rings. The van der Waals surface area contributed by atoms with Crippen LogP contribution in [0.15, 0.2) is 21.1 Å². The fourth-order valence-corrected chi connectivity index (χ4v) is 2.32. The highest BCUT2D eigenvalue weighted by Crippen LogP contribution is 2.35. The molecule has 1 N–H and O–H groups in total. The number of carboxylic acid groups (broad SMARTS) is 1. The van der Waals surface area contributed by atoms with Gasteiger partial charge < -0.3 is 9.84 Å². The van der Waals surface area contributed by atoms with E-state index in [1.54, 1.807) is 6.07 Å². The van der Waals surface area contributed by atoms with Crippen LogP contribution in [0.3, 0.4) is 0 Å². The minimum atomic E-state index is -0.988. The summed E-state index contributed by atoms with van der Waals surface area (Å²) in [5, 5.41) is 8.78. The number of benzene rings is 1. The molecule has 1 aromatic rings. The second kappa shape index (κ2) is 4.11. The molecule has 0 atom stereocenters. The van der Waals surface area contributed by atoms with Gasteiger partial charge in [0, 0.05) is 0 Å². The molecule has 1 aromatic carbocycles. The molecule has 0 heterocycles. The number of rotatable bonds is 2. The maximum atomic E-state index is 10.7. The summed E-state index contributed by atoms with van der Waals surface area (Å²) < 4.78 is 6.17. The highest BCUT2D eigenvalue weighted by molar-refractivity contribution is 9.11. The van der Waals surface area contributed by atoms with Crippen LogP contribution in [0.4, 0.5) is 0 Å². The summed E-state index contributed by atoms with van der Waals surface area (Å²) in [5.74, 6) is -0.502. The van der Waals surface area contributed by atoms with Crippen molar-refractivity contribution in [3.05, 3.63) is 26.6 Å². The first-order valence-electron chi connectivity index (χ1n) is 3.33. The quantitative estimate of drug-likeness (QED) is 0.913. The van der Waals surface area contributed by atoms with E-state index in [2.05, 4.69) is 31.9 Å². The second-order valence-electron chi connectivity index (χ2n) is 2.25. The van der Waals surface area contributed by atoms with Gasteiger partial charge >= 0.3 is 5.97 Å². The molecular formula is C8H6Br2O3. The Morgan fingerprint density at radius 3 is 2.54 bits per heavy atom. The van der Waals surface area contributed by atoms with Crippen molar-refractivity contribution in [3.8, 4) is 5.75 Å². The zero-order valence-corrected chi connectivity index (χ0v) is 9.85. The molecule has 5 heteroatoms. The van der Waals surface area contributed by atoms with Crippen LogP contribution in [0.2, 0.25) is 0 Å². The van der Waals surface area contributed by atoms with Crippen LogP contribution < -0.4 is 4.74 Å². The molecule has 0 aromatic heterocycles. The summed E-state index contributed by atoms with van der Waals surface area (Å²) in [4.78, 5) is 10.7. The van der Waals surface area contributed by atoms with E-state index in [0.29, 0.717) is 14.7 Å². The van der Waals surface area contributed by atoms with Gasteiger partial charge in [-0.25, -0.2) is 4.79 Å². The Morgan fingerprint density at radius 2 is 2.08 bits per heavy atom. The topological polar surface area (TPSA) is 46.5 Å². The summed E-state index contributed by atoms with van der Waals surface area (Å²) in [7, 11) is 1.48. The lowest BCUT2D eigenvalue weighted by atomic mass is 10.2. The van der Waals surface area contributed by atoms with Gasteiger partial charge in [-0.15, -0.1) is 0 Å². The third-order valence-electron chi connectivity index (χ3n) is 1.48. The highest BCUT2D eigenvalue weighted by atomic mass is 79.9. The maximum Gasteiger partial charge on any atom is 0.336 e. The van der Waals surface area contributed by atoms with Crippen LogP contribution >= 0.6 is 31.9 Å². The molecule has 0 unspecified atom stereocenters. The van der Waals surface area contributed by atoms with Gasteiger partial charge in [0.2, 0.25) is 0 Å². The van der Waals surface area contributed by atoms with E-state index in [9.17, 15) is 4.79 Å². The third kappa shape index (κ3) is 2.03. The Hall–Kier alpha value is -0.550. The molecule has 0 spiro atoms. The number of carboxylic acids is 1. The fourth-order valence-electron chi connectivity index (χ4n) is 0.885. The monoisotopic (exact) mass is 308 g/mol. The van der Waals surface area contributed by atoms with Gasteiger partial charge in [-0.05, 0) is 44.0 Å². The van der Waals surface area contributed by atoms with E-state index in [0.717, 1.165) is 0 Å². The molecular weight excluding hydrogens is 304 g/mol. The normalized spacial score (nSPS) is 9.77. The lowest BCUT2D eigenvalue weighted by molar-refractivity contribution is 0.0695. The zero-order chi connectivity index (χ0) is 10.0. The number of carbonyl (C=O) groups is 1. The number of ether oxygens (including phenoxy) is 1. The average molecular weight is 310 g/mol. The van der Waals surface area contributed by atoms with Crippen molar-refractivity contribution in [1.29, 1.82) is 0 Å². The number of hydrogen-bond acceptors (Lipinski definition) is 2. The van der Waals surface area contributed by atoms with Gasteiger partial charge in [-0.1, -0.05) is 0 Å². The van der Waals surface area contributed by atoms with Crippen molar-refractivity contribution in [2.24, 2.45) is 0 Å². The first-order chi connectivity index (χ1) is 6.07. The number of aromatic carboxylic acids is 1. The standard InChI is InChI=1S/C8H6Br2O3/c1-13-7-5(9)3-2-4(6(7)10)8(11)12/h2-3H,1H3,(H,11,12). The number of hydrogen-bond donors (Lipinski definition) is 1. The van der Waals surface area contributed by atoms with Gasteiger partial charge in [0.05, 0.1) is 21.6 Å². The Kier molecular flexibility index (Phi) is 3.33. The van der Waals surface area contributed by atoms with Crippen LogP contribution in [0, 0.1) is 0 Å². The van der Waals surface area contributed by atoms with Crippen molar-refractivity contribution in [3.63, 3.8) is 0 Å². The molecule has 0 amide bonds. The average Bonchev–Trinajstić information content (AvgIpc) is 2.04. The van der Waals surface area contributed by atoms with E-state index < -0.39 is 5.97 Å². The maximum absolute atomic E-state index is 10.7. The summed E-state index contributed by atoms with van der Waals surface area (Å²) >= 11 is 6.40. The highest BCUT2D eigenvalue weighted by Gasteiger charge is 2.14. The molecule has 70 valence electrons. The van der Waals surface area contributed by atoms with Crippen LogP contribution in [0.1, 0.15) is 10.4 Å². The molecule has 0 radical (unpaired) electrons. The van der Waals surface area contributed by atoms with Gasteiger partial charge in [-0.3, -0.25) is 0 Å². The molecule has 1 rings (SSSR count). The number of halogens is 2. The lowest BCUT2D eigenvalue weighted by Gasteiger charge is -2.07. The molecule has 0 saturated heterocycles. The molecule has 0 bridgehead atoms. The number of methoxy groups -OCH3 is 1. The van der Waals surface area contributed by atoms with Crippen LogP contribution in [0.25, 0.3) is 0 Å². The van der Waals surface area contributed by atoms with Crippen LogP contribution in [-0.4, -0.2) is 18.2 Å². The van der Waals surface area contributed by atoms with Crippen molar-refractivity contribution in [2.45, 2.75) is 0 Å². The van der Waals surface area contributed by atoms with Crippen molar-refractivity contribution >= 4 is 37.8 Å². The smallest absolute Gasteiger partial charge is 0.336 e. The largest absolute Gasteiger partial charge is 0.494 e. The predicted molar refractivity (Wildman–Crippen MR) is 55.4 cm³/mol. The zero-order valence-electron chi connectivity index (χ0n) is 6.67. The SMILES string of the molecule is COc1c(Br)ccc(C(=O)O)c1Br. The molecule has 13 heavy (non-hydrogen) atoms. The predicted octanol–water partition coefficient (Wildman–Crippen LogP) is 2.92. The van der Waals surface area contributed by atoms with Crippen molar-refractivity contribution < 1.29 is 14.6 Å². The third-order valence-corrected chi connectivity index (χ3v) is 2.90. The Labute approximate surface area is 92.0 Å². The summed E-state index contributed by atoms with van der Waals surface area (Å²) in [5.41, 5.74) is 0.181. The second-order valence-corrected chi connectivity index (χ2v) is 3.89. The summed E-state index contributed by atoms with van der Waals surface area (Å²) in [6, 6.07) is 3.13.